The monoisotopic (exact) mass is 391 g/mol. The molecule has 2 amide bonds. The second kappa shape index (κ2) is 8.36. The predicted molar refractivity (Wildman–Crippen MR) is 113 cm³/mol. The second-order valence-electron chi connectivity index (χ2n) is 8.31. The number of likely N-dealkylation sites (tertiary alicyclic amines) is 1. The van der Waals surface area contributed by atoms with E-state index in [4.69, 9.17) is 0 Å². The Hall–Kier alpha value is -2.69. The summed E-state index contributed by atoms with van der Waals surface area (Å²) in [7, 11) is 0. The number of carbonyl (C=O) groups excluding carboxylic acids is 2. The molecule has 1 aliphatic carbocycles. The molecule has 1 aromatic heterocycles. The molecule has 4 rings (SSSR count). The van der Waals surface area contributed by atoms with E-state index in [0.717, 1.165) is 24.0 Å². The standard InChI is InChI=1S/C24H29N3O2/c1-2-26-23(29)24(11-15-27(16-12-24)22(28)19-7-8-19)17-20-5-3-4-6-21(20)18-9-13-25-14-10-18/h3-6,9-10,13-14,19H,2,7-8,11-12,15-17H2,1H3,(H,26,29). The van der Waals surface area contributed by atoms with E-state index in [2.05, 4.69) is 22.4 Å². The minimum Gasteiger partial charge on any atom is -0.356 e. The molecular weight excluding hydrogens is 362 g/mol. The van der Waals surface area contributed by atoms with Crippen molar-refractivity contribution in [2.45, 2.75) is 39.0 Å². The van der Waals surface area contributed by atoms with E-state index in [9.17, 15) is 9.59 Å². The van der Waals surface area contributed by atoms with Crippen LogP contribution in [0, 0.1) is 11.3 Å². The van der Waals surface area contributed by atoms with Gasteiger partial charge in [0.2, 0.25) is 11.8 Å². The van der Waals surface area contributed by atoms with Crippen molar-refractivity contribution in [1.29, 1.82) is 0 Å². The van der Waals surface area contributed by atoms with Gasteiger partial charge in [0.05, 0.1) is 5.41 Å². The number of hydrogen-bond donors (Lipinski definition) is 1. The van der Waals surface area contributed by atoms with Gasteiger partial charge in [-0.15, -0.1) is 0 Å². The first-order valence-electron chi connectivity index (χ1n) is 10.7. The summed E-state index contributed by atoms with van der Waals surface area (Å²) in [5.41, 5.74) is 2.96. The molecule has 1 saturated heterocycles. The van der Waals surface area contributed by atoms with Gasteiger partial charge in [0.15, 0.2) is 0 Å². The molecule has 1 aromatic carbocycles. The molecule has 29 heavy (non-hydrogen) atoms. The molecule has 0 unspecified atom stereocenters. The number of pyridine rings is 1. The molecule has 2 heterocycles. The molecule has 0 spiro atoms. The minimum absolute atomic E-state index is 0.114. The van der Waals surface area contributed by atoms with Crippen LogP contribution in [0.2, 0.25) is 0 Å². The summed E-state index contributed by atoms with van der Waals surface area (Å²) in [5.74, 6) is 0.633. The normalized spacial score (nSPS) is 18.3. The van der Waals surface area contributed by atoms with Crippen LogP contribution < -0.4 is 5.32 Å². The van der Waals surface area contributed by atoms with Gasteiger partial charge in [-0.2, -0.15) is 0 Å². The van der Waals surface area contributed by atoms with Crippen LogP contribution in [-0.2, 0) is 16.0 Å². The number of rotatable bonds is 6. The van der Waals surface area contributed by atoms with Crippen LogP contribution in [0.15, 0.2) is 48.8 Å². The zero-order chi connectivity index (χ0) is 20.3. The lowest BCUT2D eigenvalue weighted by atomic mass is 9.72. The lowest BCUT2D eigenvalue weighted by Gasteiger charge is -2.41. The molecule has 5 heteroatoms. The minimum atomic E-state index is -0.473. The fourth-order valence-electron chi connectivity index (χ4n) is 4.43. The van der Waals surface area contributed by atoms with Crippen molar-refractivity contribution in [3.63, 3.8) is 0 Å². The third kappa shape index (κ3) is 4.19. The lowest BCUT2D eigenvalue weighted by molar-refractivity contribution is -0.141. The van der Waals surface area contributed by atoms with Crippen molar-refractivity contribution in [3.05, 3.63) is 54.4 Å². The third-order valence-electron chi connectivity index (χ3n) is 6.32. The van der Waals surface area contributed by atoms with Gasteiger partial charge in [0.25, 0.3) is 0 Å². The van der Waals surface area contributed by atoms with Crippen LogP contribution in [0.3, 0.4) is 0 Å². The van der Waals surface area contributed by atoms with Crippen molar-refractivity contribution in [2.24, 2.45) is 11.3 Å². The summed E-state index contributed by atoms with van der Waals surface area (Å²) < 4.78 is 0. The van der Waals surface area contributed by atoms with E-state index in [1.54, 1.807) is 12.4 Å². The largest absolute Gasteiger partial charge is 0.356 e. The molecule has 2 fully saturated rings. The van der Waals surface area contributed by atoms with Gasteiger partial charge in [-0.25, -0.2) is 0 Å². The Morgan fingerprint density at radius 3 is 2.45 bits per heavy atom. The predicted octanol–water partition coefficient (Wildman–Crippen LogP) is 3.45. The number of nitrogens with one attached hydrogen (secondary N) is 1. The molecule has 0 radical (unpaired) electrons. The smallest absolute Gasteiger partial charge is 0.226 e. The zero-order valence-electron chi connectivity index (χ0n) is 17.1. The average molecular weight is 392 g/mol. The number of carbonyl (C=O) groups is 2. The van der Waals surface area contributed by atoms with Crippen molar-refractivity contribution in [2.75, 3.05) is 19.6 Å². The molecule has 5 nitrogen and oxygen atoms in total. The topological polar surface area (TPSA) is 62.3 Å². The summed E-state index contributed by atoms with van der Waals surface area (Å²) in [6.07, 6.45) is 7.75. The Morgan fingerprint density at radius 1 is 1.10 bits per heavy atom. The van der Waals surface area contributed by atoms with Crippen molar-refractivity contribution in [3.8, 4) is 11.1 Å². The summed E-state index contributed by atoms with van der Waals surface area (Å²) in [6, 6.07) is 12.3. The van der Waals surface area contributed by atoms with Gasteiger partial charge in [-0.3, -0.25) is 14.6 Å². The number of amides is 2. The second-order valence-corrected chi connectivity index (χ2v) is 8.31. The van der Waals surface area contributed by atoms with Crippen molar-refractivity contribution < 1.29 is 9.59 Å². The first kappa shape index (κ1) is 19.6. The number of piperidine rings is 1. The first-order valence-corrected chi connectivity index (χ1v) is 10.7. The van der Waals surface area contributed by atoms with E-state index in [1.165, 1.54) is 5.56 Å². The number of hydrogen-bond acceptors (Lipinski definition) is 3. The highest BCUT2D eigenvalue weighted by atomic mass is 16.2. The van der Waals surface area contributed by atoms with Crippen LogP contribution in [0.5, 0.6) is 0 Å². The number of aromatic nitrogens is 1. The van der Waals surface area contributed by atoms with Crippen LogP contribution >= 0.6 is 0 Å². The van der Waals surface area contributed by atoms with Gasteiger partial charge >= 0.3 is 0 Å². The Labute approximate surface area is 172 Å². The SMILES string of the molecule is CCNC(=O)C1(Cc2ccccc2-c2ccncc2)CCN(C(=O)C2CC2)CC1. The molecule has 1 aliphatic heterocycles. The average Bonchev–Trinajstić information content (AvgIpc) is 3.60. The fourth-order valence-corrected chi connectivity index (χ4v) is 4.43. The van der Waals surface area contributed by atoms with Gasteiger partial charge in [-0.1, -0.05) is 24.3 Å². The van der Waals surface area contributed by atoms with Crippen LogP contribution in [-0.4, -0.2) is 41.3 Å². The molecule has 0 atom stereocenters. The van der Waals surface area contributed by atoms with Gasteiger partial charge in [0, 0.05) is 37.9 Å². The highest BCUT2D eigenvalue weighted by Crippen LogP contribution is 2.40. The van der Waals surface area contributed by atoms with E-state index in [-0.39, 0.29) is 17.7 Å². The van der Waals surface area contributed by atoms with Crippen molar-refractivity contribution >= 4 is 11.8 Å². The summed E-state index contributed by atoms with van der Waals surface area (Å²) in [4.78, 5) is 31.8. The van der Waals surface area contributed by atoms with Crippen LogP contribution in [0.1, 0.15) is 38.2 Å². The first-order chi connectivity index (χ1) is 14.1. The molecule has 152 valence electrons. The Balaban J connectivity index is 1.59. The van der Waals surface area contributed by atoms with Gasteiger partial charge in [-0.05, 0) is 67.9 Å². The van der Waals surface area contributed by atoms with E-state index in [1.807, 2.05) is 36.1 Å². The Kier molecular flexibility index (Phi) is 5.65. The Morgan fingerprint density at radius 2 is 1.79 bits per heavy atom. The lowest BCUT2D eigenvalue weighted by Crippen LogP contribution is -2.51. The third-order valence-corrected chi connectivity index (χ3v) is 6.32. The molecular formula is C24H29N3O2. The maximum Gasteiger partial charge on any atom is 0.226 e. The highest BCUT2D eigenvalue weighted by Gasteiger charge is 2.44. The number of nitrogens with zero attached hydrogens (tertiary/aromatic N) is 2. The van der Waals surface area contributed by atoms with Gasteiger partial charge < -0.3 is 10.2 Å². The highest BCUT2D eigenvalue weighted by molar-refractivity contribution is 5.85. The molecule has 1 N–H and O–H groups in total. The quantitative estimate of drug-likeness (QED) is 0.820. The molecule has 2 aromatic rings. The summed E-state index contributed by atoms with van der Waals surface area (Å²) >= 11 is 0. The Bertz CT molecular complexity index is 869. The maximum absolute atomic E-state index is 13.2. The molecule has 0 bridgehead atoms. The van der Waals surface area contributed by atoms with E-state index < -0.39 is 5.41 Å². The zero-order valence-corrected chi connectivity index (χ0v) is 17.1. The summed E-state index contributed by atoms with van der Waals surface area (Å²) in [6.45, 7) is 3.92. The fraction of sp³-hybridized carbons (Fsp3) is 0.458. The van der Waals surface area contributed by atoms with Crippen molar-refractivity contribution in [1.82, 2.24) is 15.2 Å². The summed E-state index contributed by atoms with van der Waals surface area (Å²) in [5, 5.41) is 3.06. The molecule has 1 saturated carbocycles. The maximum atomic E-state index is 13.2. The van der Waals surface area contributed by atoms with Gasteiger partial charge in [0.1, 0.15) is 0 Å². The van der Waals surface area contributed by atoms with Crippen LogP contribution in [0.4, 0.5) is 0 Å². The molecule has 2 aliphatic rings. The van der Waals surface area contributed by atoms with E-state index >= 15 is 0 Å². The van der Waals surface area contributed by atoms with E-state index in [0.29, 0.717) is 38.9 Å². The number of benzene rings is 1. The van der Waals surface area contributed by atoms with Crippen LogP contribution in [0.25, 0.3) is 11.1 Å².